The molecule has 174 valence electrons. The fourth-order valence-corrected chi connectivity index (χ4v) is 3.87. The van der Waals surface area contributed by atoms with Gasteiger partial charge in [-0.05, 0) is 42.3 Å². The molecule has 0 radical (unpaired) electrons. The van der Waals surface area contributed by atoms with E-state index in [0.29, 0.717) is 35.2 Å². The molecule has 2 aromatic carbocycles. The van der Waals surface area contributed by atoms with Crippen LogP contribution in [0.5, 0.6) is 0 Å². The Balaban J connectivity index is 1.82. The maximum atomic E-state index is 13.5. The second-order valence-corrected chi connectivity index (χ2v) is 8.87. The van der Waals surface area contributed by atoms with Gasteiger partial charge in [0.25, 0.3) is 5.91 Å². The molecule has 0 aliphatic rings. The summed E-state index contributed by atoms with van der Waals surface area (Å²) in [6, 6.07) is 18.6. The fraction of sp³-hybridized carbons (Fsp3) is 0.308. The zero-order valence-corrected chi connectivity index (χ0v) is 20.5. The Hall–Kier alpha value is -2.76. The highest BCUT2D eigenvalue weighted by molar-refractivity contribution is 6.42. The Labute approximate surface area is 205 Å². The third-order valence-electron chi connectivity index (χ3n) is 5.53. The highest BCUT2D eigenvalue weighted by atomic mass is 35.5. The van der Waals surface area contributed by atoms with Crippen LogP contribution in [0.15, 0.2) is 66.9 Å². The van der Waals surface area contributed by atoms with Gasteiger partial charge < -0.3 is 14.4 Å². The number of hydrogen-bond donors (Lipinski definition) is 0. The van der Waals surface area contributed by atoms with E-state index in [1.807, 2.05) is 60.3 Å². The Morgan fingerprint density at radius 1 is 0.909 bits per heavy atom. The number of aryl methyl sites for hydroxylation is 1. The normalized spacial score (nSPS) is 10.8. The number of aromatic nitrogens is 1. The van der Waals surface area contributed by atoms with E-state index < -0.39 is 0 Å². The molecule has 33 heavy (non-hydrogen) atoms. The predicted octanol–water partition coefficient (Wildman–Crippen LogP) is 5.80. The van der Waals surface area contributed by atoms with Crippen LogP contribution in [0.2, 0.25) is 10.0 Å². The third kappa shape index (κ3) is 6.86. The van der Waals surface area contributed by atoms with Gasteiger partial charge in [-0.15, -0.1) is 0 Å². The molecular weight excluding hydrogens is 457 g/mol. The molecule has 2 amide bonds. The number of hydrogen-bond acceptors (Lipinski definition) is 2. The Morgan fingerprint density at radius 2 is 1.67 bits per heavy atom. The topological polar surface area (TPSA) is 45.6 Å². The van der Waals surface area contributed by atoms with Crippen LogP contribution in [-0.4, -0.2) is 39.3 Å². The molecule has 0 N–H and O–H groups in total. The maximum absolute atomic E-state index is 13.5. The number of amides is 2. The summed E-state index contributed by atoms with van der Waals surface area (Å²) in [6.07, 6.45) is 3.68. The van der Waals surface area contributed by atoms with Crippen molar-refractivity contribution in [3.05, 3.63) is 93.7 Å². The third-order valence-corrected chi connectivity index (χ3v) is 6.27. The monoisotopic (exact) mass is 485 g/mol. The highest BCUT2D eigenvalue weighted by Gasteiger charge is 2.23. The highest BCUT2D eigenvalue weighted by Crippen LogP contribution is 2.23. The average molecular weight is 486 g/mol. The van der Waals surface area contributed by atoms with Gasteiger partial charge in [0.2, 0.25) is 5.91 Å². The molecule has 0 spiro atoms. The summed E-state index contributed by atoms with van der Waals surface area (Å²) >= 11 is 12.1. The van der Waals surface area contributed by atoms with Crippen LogP contribution in [0.1, 0.15) is 41.4 Å². The summed E-state index contributed by atoms with van der Waals surface area (Å²) < 4.78 is 2.00. The quantitative estimate of drug-likeness (QED) is 0.364. The standard InChI is InChI=1S/C26H29Cl2N3O2/c1-3-4-15-30(26(33)21-12-13-23(27)24(28)16-21)19-25(32)31(17-20-9-6-5-7-10-20)18-22-11-8-14-29(22)2/h5-14,16H,3-4,15,17-19H2,1-2H3. The molecule has 0 aliphatic heterocycles. The summed E-state index contributed by atoms with van der Waals surface area (Å²) in [6.45, 7) is 3.47. The smallest absolute Gasteiger partial charge is 0.254 e. The number of nitrogens with zero attached hydrogens (tertiary/aromatic N) is 3. The summed E-state index contributed by atoms with van der Waals surface area (Å²) in [5.41, 5.74) is 2.48. The Bertz CT molecular complexity index is 1080. The lowest BCUT2D eigenvalue weighted by Crippen LogP contribution is -2.43. The van der Waals surface area contributed by atoms with Crippen molar-refractivity contribution < 1.29 is 9.59 Å². The van der Waals surface area contributed by atoms with Crippen molar-refractivity contribution in [1.82, 2.24) is 14.4 Å². The van der Waals surface area contributed by atoms with E-state index in [4.69, 9.17) is 23.2 Å². The Morgan fingerprint density at radius 3 is 2.30 bits per heavy atom. The number of carbonyl (C=O) groups is 2. The Kier molecular flexibility index (Phi) is 8.98. The first-order valence-corrected chi connectivity index (χ1v) is 11.8. The van der Waals surface area contributed by atoms with E-state index in [2.05, 4.69) is 6.92 Å². The van der Waals surface area contributed by atoms with E-state index in [0.717, 1.165) is 24.1 Å². The zero-order valence-electron chi connectivity index (χ0n) is 19.0. The van der Waals surface area contributed by atoms with E-state index in [9.17, 15) is 9.59 Å². The second-order valence-electron chi connectivity index (χ2n) is 8.05. The molecule has 0 atom stereocenters. The lowest BCUT2D eigenvalue weighted by molar-refractivity contribution is -0.133. The van der Waals surface area contributed by atoms with Crippen molar-refractivity contribution in [3.63, 3.8) is 0 Å². The summed E-state index contributed by atoms with van der Waals surface area (Å²) in [5, 5.41) is 0.708. The first kappa shape index (κ1) is 24.9. The van der Waals surface area contributed by atoms with Gasteiger partial charge in [0.15, 0.2) is 0 Å². The molecule has 0 aliphatic carbocycles. The first-order chi connectivity index (χ1) is 15.9. The minimum Gasteiger partial charge on any atom is -0.353 e. The van der Waals surface area contributed by atoms with Crippen LogP contribution in [0, 0.1) is 0 Å². The lowest BCUT2D eigenvalue weighted by atomic mass is 10.1. The molecule has 1 heterocycles. The number of carbonyl (C=O) groups excluding carboxylic acids is 2. The molecule has 3 aromatic rings. The van der Waals surface area contributed by atoms with Crippen LogP contribution in [0.3, 0.4) is 0 Å². The van der Waals surface area contributed by atoms with E-state index in [-0.39, 0.29) is 18.4 Å². The SMILES string of the molecule is CCCCN(CC(=O)N(Cc1ccccc1)Cc1cccn1C)C(=O)c1ccc(Cl)c(Cl)c1. The fourth-order valence-electron chi connectivity index (χ4n) is 3.57. The number of rotatable bonds is 10. The van der Waals surface area contributed by atoms with Crippen molar-refractivity contribution in [2.24, 2.45) is 7.05 Å². The zero-order chi connectivity index (χ0) is 23.8. The number of halogens is 2. The van der Waals surface area contributed by atoms with Crippen LogP contribution < -0.4 is 0 Å². The molecule has 7 heteroatoms. The van der Waals surface area contributed by atoms with Crippen molar-refractivity contribution in [1.29, 1.82) is 0 Å². The minimum atomic E-state index is -0.228. The lowest BCUT2D eigenvalue weighted by Gasteiger charge is -2.28. The molecule has 0 bridgehead atoms. The van der Waals surface area contributed by atoms with Crippen molar-refractivity contribution in [2.45, 2.75) is 32.9 Å². The largest absolute Gasteiger partial charge is 0.353 e. The summed E-state index contributed by atoms with van der Waals surface area (Å²) in [5.74, 6) is -0.335. The number of benzene rings is 2. The van der Waals surface area contributed by atoms with Crippen LogP contribution >= 0.6 is 23.2 Å². The first-order valence-electron chi connectivity index (χ1n) is 11.0. The van der Waals surface area contributed by atoms with Crippen molar-refractivity contribution >= 4 is 35.0 Å². The van der Waals surface area contributed by atoms with Crippen LogP contribution in [0.4, 0.5) is 0 Å². The van der Waals surface area contributed by atoms with Crippen molar-refractivity contribution in [3.8, 4) is 0 Å². The van der Waals surface area contributed by atoms with Gasteiger partial charge in [0.1, 0.15) is 6.54 Å². The van der Waals surface area contributed by atoms with Gasteiger partial charge in [-0.1, -0.05) is 66.9 Å². The molecule has 0 unspecified atom stereocenters. The van der Waals surface area contributed by atoms with Gasteiger partial charge in [-0.2, -0.15) is 0 Å². The molecule has 5 nitrogen and oxygen atoms in total. The van der Waals surface area contributed by atoms with E-state index >= 15 is 0 Å². The summed E-state index contributed by atoms with van der Waals surface area (Å²) in [7, 11) is 1.96. The second kappa shape index (κ2) is 11.9. The van der Waals surface area contributed by atoms with Crippen LogP contribution in [-0.2, 0) is 24.9 Å². The van der Waals surface area contributed by atoms with E-state index in [1.54, 1.807) is 28.0 Å². The number of unbranched alkanes of at least 4 members (excludes halogenated alkanes) is 1. The molecule has 0 saturated heterocycles. The summed E-state index contributed by atoms with van der Waals surface area (Å²) in [4.78, 5) is 30.1. The molecule has 0 fully saturated rings. The average Bonchev–Trinajstić information content (AvgIpc) is 3.22. The minimum absolute atomic E-state index is 0.00364. The van der Waals surface area contributed by atoms with Gasteiger partial charge in [-0.25, -0.2) is 0 Å². The van der Waals surface area contributed by atoms with Gasteiger partial charge in [0, 0.05) is 37.6 Å². The van der Waals surface area contributed by atoms with Gasteiger partial charge in [0.05, 0.1) is 16.6 Å². The predicted molar refractivity (Wildman–Crippen MR) is 133 cm³/mol. The van der Waals surface area contributed by atoms with Gasteiger partial charge in [-0.3, -0.25) is 9.59 Å². The van der Waals surface area contributed by atoms with E-state index in [1.165, 1.54) is 0 Å². The maximum Gasteiger partial charge on any atom is 0.254 e. The van der Waals surface area contributed by atoms with Crippen LogP contribution in [0.25, 0.3) is 0 Å². The molecule has 0 saturated carbocycles. The molecular formula is C26H29Cl2N3O2. The molecule has 1 aromatic heterocycles. The van der Waals surface area contributed by atoms with Crippen molar-refractivity contribution in [2.75, 3.05) is 13.1 Å². The van der Waals surface area contributed by atoms with Gasteiger partial charge >= 0.3 is 0 Å². The molecule has 3 rings (SSSR count).